The second kappa shape index (κ2) is 8.01. The molecule has 0 spiro atoms. The molecule has 1 aromatic heterocycles. The molecule has 1 saturated heterocycles. The van der Waals surface area contributed by atoms with Gasteiger partial charge in [-0.25, -0.2) is 0 Å². The first kappa shape index (κ1) is 18.5. The number of fused-ring (bicyclic) bond motifs is 1. The van der Waals surface area contributed by atoms with Crippen LogP contribution >= 0.6 is 0 Å². The van der Waals surface area contributed by atoms with Gasteiger partial charge in [0.2, 0.25) is 5.91 Å². The molecule has 4 nitrogen and oxygen atoms in total. The van der Waals surface area contributed by atoms with Crippen LogP contribution in [-0.4, -0.2) is 35.0 Å². The molecule has 4 heteroatoms. The van der Waals surface area contributed by atoms with E-state index in [4.69, 9.17) is 4.74 Å². The first-order valence-corrected chi connectivity index (χ1v) is 10.0. The van der Waals surface area contributed by atoms with Crippen LogP contribution in [0.25, 0.3) is 22.0 Å². The van der Waals surface area contributed by atoms with Gasteiger partial charge in [-0.05, 0) is 42.3 Å². The molecule has 2 heterocycles. The van der Waals surface area contributed by atoms with Gasteiger partial charge in [-0.15, -0.1) is 0 Å². The van der Waals surface area contributed by atoms with Crippen molar-refractivity contribution in [2.45, 2.75) is 39.2 Å². The summed E-state index contributed by atoms with van der Waals surface area (Å²) in [6, 6.07) is 16.6. The Hall–Kier alpha value is -2.88. The number of rotatable bonds is 4. The molecule has 3 aromatic rings. The van der Waals surface area contributed by atoms with Crippen LogP contribution in [0.15, 0.2) is 54.7 Å². The van der Waals surface area contributed by atoms with E-state index in [1.54, 1.807) is 0 Å². The molecule has 0 bridgehead atoms. The molecule has 1 amide bonds. The van der Waals surface area contributed by atoms with Crippen molar-refractivity contribution < 1.29 is 9.53 Å². The number of aromatic nitrogens is 1. The van der Waals surface area contributed by atoms with E-state index in [-0.39, 0.29) is 12.0 Å². The molecule has 4 rings (SSSR count). The van der Waals surface area contributed by atoms with E-state index < -0.39 is 0 Å². The lowest BCUT2D eigenvalue weighted by atomic mass is 10.0. The lowest BCUT2D eigenvalue weighted by Crippen LogP contribution is -2.41. The summed E-state index contributed by atoms with van der Waals surface area (Å²) in [7, 11) is 0. The number of carbonyl (C=O) groups excluding carboxylic acids is 1. The van der Waals surface area contributed by atoms with Gasteiger partial charge in [-0.2, -0.15) is 0 Å². The summed E-state index contributed by atoms with van der Waals surface area (Å²) in [6.45, 7) is 5.61. The summed E-state index contributed by atoms with van der Waals surface area (Å²) in [5.74, 6) is 1.12. The highest BCUT2D eigenvalue weighted by molar-refractivity contribution is 5.86. The highest BCUT2D eigenvalue weighted by atomic mass is 16.5. The molecule has 0 radical (unpaired) electrons. The quantitative estimate of drug-likeness (QED) is 0.646. The summed E-state index contributed by atoms with van der Waals surface area (Å²) < 4.78 is 6.14. The van der Waals surface area contributed by atoms with Gasteiger partial charge in [0, 0.05) is 49.5 Å². The fraction of sp³-hybridized carbons (Fsp3) is 0.333. The Bertz CT molecular complexity index is 974. The Morgan fingerprint density at radius 1 is 1.11 bits per heavy atom. The van der Waals surface area contributed by atoms with E-state index in [2.05, 4.69) is 36.2 Å². The molecule has 0 N–H and O–H groups in total. The standard InChI is InChI=1S/C24H26N2O2/c1-3-24(27)26-13-11-21(12-14-26)28-20-9-7-18(8-10-20)19-15-22-17(2)5-4-6-23(22)25-16-19/h4-10,15-16,21H,3,11-14H2,1-2H3. The summed E-state index contributed by atoms with van der Waals surface area (Å²) in [6.07, 6.45) is 4.47. The zero-order valence-electron chi connectivity index (χ0n) is 16.5. The average molecular weight is 374 g/mol. The number of pyridine rings is 1. The number of amides is 1. The second-order valence-electron chi connectivity index (χ2n) is 7.44. The van der Waals surface area contributed by atoms with Crippen LogP contribution in [0, 0.1) is 6.92 Å². The van der Waals surface area contributed by atoms with Crippen LogP contribution in [-0.2, 0) is 4.79 Å². The molecule has 0 saturated carbocycles. The van der Waals surface area contributed by atoms with Crippen molar-refractivity contribution in [2.24, 2.45) is 0 Å². The molecule has 0 unspecified atom stereocenters. The summed E-state index contributed by atoms with van der Waals surface area (Å²) in [5.41, 5.74) is 4.50. The fourth-order valence-electron chi connectivity index (χ4n) is 3.82. The SMILES string of the molecule is CCC(=O)N1CCC(Oc2ccc(-c3cnc4cccc(C)c4c3)cc2)CC1. The van der Waals surface area contributed by atoms with Crippen LogP contribution in [0.2, 0.25) is 0 Å². The topological polar surface area (TPSA) is 42.4 Å². The van der Waals surface area contributed by atoms with Crippen molar-refractivity contribution in [2.75, 3.05) is 13.1 Å². The highest BCUT2D eigenvalue weighted by Gasteiger charge is 2.22. The highest BCUT2D eigenvalue weighted by Crippen LogP contribution is 2.27. The number of aryl methyl sites for hydroxylation is 1. The number of ether oxygens (including phenoxy) is 1. The minimum absolute atomic E-state index is 0.178. The molecule has 2 aromatic carbocycles. The van der Waals surface area contributed by atoms with E-state index >= 15 is 0 Å². The largest absolute Gasteiger partial charge is 0.490 e. The minimum atomic E-state index is 0.178. The van der Waals surface area contributed by atoms with Gasteiger partial charge in [0.15, 0.2) is 0 Å². The number of benzene rings is 2. The third kappa shape index (κ3) is 3.86. The van der Waals surface area contributed by atoms with E-state index in [9.17, 15) is 4.79 Å². The molecule has 0 atom stereocenters. The van der Waals surface area contributed by atoms with Crippen LogP contribution < -0.4 is 4.74 Å². The molecule has 28 heavy (non-hydrogen) atoms. The summed E-state index contributed by atoms with van der Waals surface area (Å²) >= 11 is 0. The van der Waals surface area contributed by atoms with E-state index in [1.165, 1.54) is 10.9 Å². The van der Waals surface area contributed by atoms with Crippen LogP contribution in [0.1, 0.15) is 31.7 Å². The average Bonchev–Trinajstić information content (AvgIpc) is 2.74. The normalized spacial score (nSPS) is 15.0. The van der Waals surface area contributed by atoms with E-state index in [0.717, 1.165) is 48.3 Å². The van der Waals surface area contributed by atoms with Gasteiger partial charge >= 0.3 is 0 Å². The Morgan fingerprint density at radius 2 is 1.86 bits per heavy atom. The van der Waals surface area contributed by atoms with Crippen LogP contribution in [0.3, 0.4) is 0 Å². The number of nitrogens with zero attached hydrogens (tertiary/aromatic N) is 2. The lowest BCUT2D eigenvalue weighted by molar-refractivity contribution is -0.132. The number of carbonyl (C=O) groups is 1. The number of piperidine rings is 1. The predicted octanol–water partition coefficient (Wildman–Crippen LogP) is 4.99. The molecule has 144 valence electrons. The van der Waals surface area contributed by atoms with Crippen LogP contribution in [0.4, 0.5) is 0 Å². The smallest absolute Gasteiger partial charge is 0.222 e. The van der Waals surface area contributed by atoms with Crippen molar-refractivity contribution in [3.8, 4) is 16.9 Å². The second-order valence-corrected chi connectivity index (χ2v) is 7.44. The van der Waals surface area contributed by atoms with Crippen LogP contribution in [0.5, 0.6) is 5.75 Å². The van der Waals surface area contributed by atoms with Gasteiger partial charge in [-0.3, -0.25) is 9.78 Å². The molecule has 1 aliphatic rings. The number of hydrogen-bond donors (Lipinski definition) is 0. The van der Waals surface area contributed by atoms with Crippen molar-refractivity contribution >= 4 is 16.8 Å². The maximum atomic E-state index is 11.8. The number of hydrogen-bond acceptors (Lipinski definition) is 3. The fourth-order valence-corrected chi connectivity index (χ4v) is 3.82. The maximum absolute atomic E-state index is 11.8. The van der Waals surface area contributed by atoms with Gasteiger partial charge in [0.1, 0.15) is 11.9 Å². The Kier molecular flexibility index (Phi) is 5.29. The van der Waals surface area contributed by atoms with Crippen molar-refractivity contribution in [3.05, 3.63) is 60.3 Å². The maximum Gasteiger partial charge on any atom is 0.222 e. The Labute approximate surface area is 166 Å². The van der Waals surface area contributed by atoms with Crippen molar-refractivity contribution in [1.82, 2.24) is 9.88 Å². The van der Waals surface area contributed by atoms with Gasteiger partial charge in [-0.1, -0.05) is 31.2 Å². The van der Waals surface area contributed by atoms with Gasteiger partial charge in [0.05, 0.1) is 5.52 Å². The first-order chi connectivity index (χ1) is 13.6. The van der Waals surface area contributed by atoms with Crippen molar-refractivity contribution in [1.29, 1.82) is 0 Å². The summed E-state index contributed by atoms with van der Waals surface area (Å²) in [5, 5.41) is 1.19. The monoisotopic (exact) mass is 374 g/mol. The summed E-state index contributed by atoms with van der Waals surface area (Å²) in [4.78, 5) is 18.3. The molecule has 0 aliphatic carbocycles. The third-order valence-corrected chi connectivity index (χ3v) is 5.53. The Morgan fingerprint density at radius 3 is 2.57 bits per heavy atom. The minimum Gasteiger partial charge on any atom is -0.490 e. The van der Waals surface area contributed by atoms with Gasteiger partial charge < -0.3 is 9.64 Å². The molecule has 1 aliphatic heterocycles. The predicted molar refractivity (Wildman–Crippen MR) is 112 cm³/mol. The third-order valence-electron chi connectivity index (χ3n) is 5.53. The van der Waals surface area contributed by atoms with Gasteiger partial charge in [0.25, 0.3) is 0 Å². The Balaban J connectivity index is 1.43. The van der Waals surface area contributed by atoms with Crippen molar-refractivity contribution in [3.63, 3.8) is 0 Å². The van der Waals surface area contributed by atoms with E-state index in [1.807, 2.05) is 42.3 Å². The molecular weight excluding hydrogens is 348 g/mol. The number of likely N-dealkylation sites (tertiary alicyclic amines) is 1. The lowest BCUT2D eigenvalue weighted by Gasteiger charge is -2.32. The first-order valence-electron chi connectivity index (χ1n) is 10.0. The molecule has 1 fully saturated rings. The van der Waals surface area contributed by atoms with E-state index in [0.29, 0.717) is 6.42 Å². The zero-order chi connectivity index (χ0) is 19.5. The zero-order valence-corrected chi connectivity index (χ0v) is 16.5. The molecular formula is C24H26N2O2.